The minimum atomic E-state index is 0.00733. The quantitative estimate of drug-likeness (QED) is 0.936. The molecule has 6 heteroatoms. The van der Waals surface area contributed by atoms with Crippen LogP contribution < -0.4 is 10.1 Å². The van der Waals surface area contributed by atoms with Gasteiger partial charge in [0, 0.05) is 24.0 Å². The van der Waals surface area contributed by atoms with Crippen LogP contribution in [0, 0.1) is 0 Å². The number of rotatable bonds is 4. The largest absolute Gasteiger partial charge is 0.497 e. The van der Waals surface area contributed by atoms with E-state index in [4.69, 9.17) is 4.74 Å². The standard InChI is InChI=1S/C17H21N3O2S/c1-20(13-7-9-18-10-8-13)17(21)15-11-23-16(19-15)12-3-5-14(22-2)6-4-12/h3-6,11,13,18H,7-10H2,1-2H3. The average molecular weight is 331 g/mol. The lowest BCUT2D eigenvalue weighted by Gasteiger charge is -2.31. The summed E-state index contributed by atoms with van der Waals surface area (Å²) in [5, 5.41) is 6.02. The van der Waals surface area contributed by atoms with Crippen LogP contribution >= 0.6 is 11.3 Å². The van der Waals surface area contributed by atoms with Crippen molar-refractivity contribution >= 4 is 17.2 Å². The van der Waals surface area contributed by atoms with E-state index in [1.54, 1.807) is 7.11 Å². The fraction of sp³-hybridized carbons (Fsp3) is 0.412. The van der Waals surface area contributed by atoms with Crippen molar-refractivity contribution in [2.24, 2.45) is 0 Å². The molecule has 1 aromatic heterocycles. The first-order valence-corrected chi connectivity index (χ1v) is 8.65. The Labute approximate surface area is 140 Å². The van der Waals surface area contributed by atoms with Crippen LogP contribution in [0.15, 0.2) is 29.6 Å². The number of methoxy groups -OCH3 is 1. The van der Waals surface area contributed by atoms with Crippen LogP contribution in [0.3, 0.4) is 0 Å². The highest BCUT2D eigenvalue weighted by Gasteiger charge is 2.24. The molecule has 1 saturated heterocycles. The van der Waals surface area contributed by atoms with Gasteiger partial charge in [-0.25, -0.2) is 4.98 Å². The molecule has 0 spiro atoms. The van der Waals surface area contributed by atoms with E-state index in [1.807, 2.05) is 41.6 Å². The van der Waals surface area contributed by atoms with Gasteiger partial charge in [-0.3, -0.25) is 4.79 Å². The first-order chi connectivity index (χ1) is 11.2. The molecule has 1 N–H and O–H groups in total. The lowest BCUT2D eigenvalue weighted by atomic mass is 10.1. The van der Waals surface area contributed by atoms with Gasteiger partial charge in [-0.2, -0.15) is 0 Å². The maximum atomic E-state index is 12.6. The molecule has 5 nitrogen and oxygen atoms in total. The van der Waals surface area contributed by atoms with Crippen molar-refractivity contribution in [3.05, 3.63) is 35.3 Å². The summed E-state index contributed by atoms with van der Waals surface area (Å²) in [6.07, 6.45) is 2.00. The molecule has 3 rings (SSSR count). The Kier molecular flexibility index (Phi) is 4.93. The number of nitrogens with one attached hydrogen (secondary N) is 1. The molecule has 1 aliphatic heterocycles. The highest BCUT2D eigenvalue weighted by molar-refractivity contribution is 7.13. The summed E-state index contributed by atoms with van der Waals surface area (Å²) in [5.74, 6) is 0.820. The molecular formula is C17H21N3O2S. The SMILES string of the molecule is COc1ccc(-c2nc(C(=O)N(C)C3CCNCC3)cs2)cc1. The normalized spacial score (nSPS) is 15.4. The van der Waals surface area contributed by atoms with E-state index >= 15 is 0 Å². The van der Waals surface area contributed by atoms with E-state index in [0.29, 0.717) is 11.7 Å². The second-order valence-electron chi connectivity index (χ2n) is 5.66. The van der Waals surface area contributed by atoms with Crippen LogP contribution in [-0.4, -0.2) is 49.1 Å². The van der Waals surface area contributed by atoms with Crippen LogP contribution in [0.25, 0.3) is 10.6 Å². The van der Waals surface area contributed by atoms with Crippen molar-refractivity contribution < 1.29 is 9.53 Å². The van der Waals surface area contributed by atoms with Gasteiger partial charge in [0.1, 0.15) is 16.5 Å². The molecular weight excluding hydrogens is 310 g/mol. The predicted octanol–water partition coefficient (Wildman–Crippen LogP) is 2.64. The van der Waals surface area contributed by atoms with E-state index in [9.17, 15) is 4.79 Å². The predicted molar refractivity (Wildman–Crippen MR) is 92.1 cm³/mol. The maximum Gasteiger partial charge on any atom is 0.273 e. The molecule has 1 amide bonds. The third kappa shape index (κ3) is 3.54. The maximum absolute atomic E-state index is 12.6. The van der Waals surface area contributed by atoms with Gasteiger partial charge in [0.15, 0.2) is 0 Å². The zero-order valence-corrected chi connectivity index (χ0v) is 14.2. The fourth-order valence-corrected chi connectivity index (χ4v) is 3.58. The molecule has 0 aliphatic carbocycles. The number of benzene rings is 1. The summed E-state index contributed by atoms with van der Waals surface area (Å²) in [4.78, 5) is 19.0. The van der Waals surface area contributed by atoms with Gasteiger partial charge in [-0.15, -0.1) is 11.3 Å². The molecule has 2 aromatic rings. The molecule has 1 aromatic carbocycles. The van der Waals surface area contributed by atoms with Crippen LogP contribution in [0.4, 0.5) is 0 Å². The van der Waals surface area contributed by atoms with Crippen molar-refractivity contribution in [1.82, 2.24) is 15.2 Å². The van der Waals surface area contributed by atoms with Crippen molar-refractivity contribution in [3.8, 4) is 16.3 Å². The zero-order valence-electron chi connectivity index (χ0n) is 13.4. The van der Waals surface area contributed by atoms with Gasteiger partial charge in [-0.1, -0.05) is 0 Å². The third-order valence-corrected chi connectivity index (χ3v) is 5.13. The first kappa shape index (κ1) is 16.0. The number of carbonyl (C=O) groups is 1. The number of piperidine rings is 1. The minimum Gasteiger partial charge on any atom is -0.497 e. The number of nitrogens with zero attached hydrogens (tertiary/aromatic N) is 2. The Morgan fingerprint density at radius 1 is 1.30 bits per heavy atom. The molecule has 1 aliphatic rings. The first-order valence-electron chi connectivity index (χ1n) is 7.77. The Morgan fingerprint density at radius 3 is 2.65 bits per heavy atom. The monoisotopic (exact) mass is 331 g/mol. The van der Waals surface area contributed by atoms with Gasteiger partial charge in [0.05, 0.1) is 7.11 Å². The Balaban J connectivity index is 1.73. The number of amides is 1. The molecule has 1 fully saturated rings. The highest BCUT2D eigenvalue weighted by atomic mass is 32.1. The number of hydrogen-bond donors (Lipinski definition) is 1. The molecule has 2 heterocycles. The van der Waals surface area contributed by atoms with Gasteiger partial charge in [0.2, 0.25) is 0 Å². The molecule has 0 radical (unpaired) electrons. The van der Waals surface area contributed by atoms with E-state index in [0.717, 1.165) is 42.3 Å². The summed E-state index contributed by atoms with van der Waals surface area (Å²) < 4.78 is 5.16. The molecule has 23 heavy (non-hydrogen) atoms. The van der Waals surface area contributed by atoms with Crippen LogP contribution in [0.2, 0.25) is 0 Å². The summed E-state index contributed by atoms with van der Waals surface area (Å²) in [6.45, 7) is 1.94. The van der Waals surface area contributed by atoms with Crippen molar-refractivity contribution in [2.75, 3.05) is 27.2 Å². The highest BCUT2D eigenvalue weighted by Crippen LogP contribution is 2.26. The van der Waals surface area contributed by atoms with Crippen molar-refractivity contribution in [1.29, 1.82) is 0 Å². The van der Waals surface area contributed by atoms with Gasteiger partial charge in [0.25, 0.3) is 5.91 Å². The summed E-state index contributed by atoms with van der Waals surface area (Å²) in [5.41, 5.74) is 1.53. The molecule has 0 saturated carbocycles. The third-order valence-electron chi connectivity index (χ3n) is 4.24. The van der Waals surface area contributed by atoms with Gasteiger partial charge < -0.3 is 15.0 Å². The van der Waals surface area contributed by atoms with Crippen LogP contribution in [0.5, 0.6) is 5.75 Å². The van der Waals surface area contributed by atoms with Gasteiger partial charge >= 0.3 is 0 Å². The summed E-state index contributed by atoms with van der Waals surface area (Å²) in [7, 11) is 3.52. The second kappa shape index (κ2) is 7.10. The second-order valence-corrected chi connectivity index (χ2v) is 6.52. The van der Waals surface area contributed by atoms with Gasteiger partial charge in [-0.05, 0) is 50.2 Å². The van der Waals surface area contributed by atoms with E-state index in [-0.39, 0.29) is 5.91 Å². The minimum absolute atomic E-state index is 0.00733. The number of thiazole rings is 1. The lowest BCUT2D eigenvalue weighted by molar-refractivity contribution is 0.0698. The number of carbonyl (C=O) groups excluding carboxylic acids is 1. The number of aromatic nitrogens is 1. The zero-order chi connectivity index (χ0) is 16.2. The topological polar surface area (TPSA) is 54.5 Å². The van der Waals surface area contributed by atoms with Crippen LogP contribution in [-0.2, 0) is 0 Å². The molecule has 0 bridgehead atoms. The Bertz CT molecular complexity index is 663. The molecule has 0 atom stereocenters. The van der Waals surface area contributed by atoms with Crippen molar-refractivity contribution in [2.45, 2.75) is 18.9 Å². The molecule has 122 valence electrons. The average Bonchev–Trinajstić information content (AvgIpc) is 3.11. The number of hydrogen-bond acceptors (Lipinski definition) is 5. The van der Waals surface area contributed by atoms with E-state index in [1.165, 1.54) is 11.3 Å². The number of ether oxygens (including phenoxy) is 1. The fourth-order valence-electron chi connectivity index (χ4n) is 2.78. The van der Waals surface area contributed by atoms with E-state index in [2.05, 4.69) is 10.3 Å². The van der Waals surface area contributed by atoms with Crippen LogP contribution in [0.1, 0.15) is 23.3 Å². The Hall–Kier alpha value is -1.92. The van der Waals surface area contributed by atoms with E-state index < -0.39 is 0 Å². The summed E-state index contributed by atoms with van der Waals surface area (Å²) in [6, 6.07) is 8.03. The molecule has 0 unspecified atom stereocenters. The summed E-state index contributed by atoms with van der Waals surface area (Å²) >= 11 is 1.50. The smallest absolute Gasteiger partial charge is 0.273 e. The lowest BCUT2D eigenvalue weighted by Crippen LogP contribution is -2.44. The Morgan fingerprint density at radius 2 is 2.00 bits per heavy atom. The van der Waals surface area contributed by atoms with Crippen molar-refractivity contribution in [3.63, 3.8) is 0 Å².